The van der Waals surface area contributed by atoms with E-state index in [1.165, 1.54) is 16.1 Å². The number of furan rings is 1. The van der Waals surface area contributed by atoms with E-state index in [-0.39, 0.29) is 11.3 Å². The van der Waals surface area contributed by atoms with Crippen molar-refractivity contribution in [3.8, 4) is 0 Å². The number of aromatic nitrogens is 2. The Morgan fingerprint density at radius 1 is 1.23 bits per heavy atom. The Hall–Kier alpha value is -3.39. The molecule has 0 aliphatic carbocycles. The molecule has 1 amide bonds. The van der Waals surface area contributed by atoms with Gasteiger partial charge in [-0.05, 0) is 37.6 Å². The first-order chi connectivity index (χ1) is 14.8. The summed E-state index contributed by atoms with van der Waals surface area (Å²) < 4.78 is 7.34. The monoisotopic (exact) mass is 423 g/mol. The molecule has 1 fully saturated rings. The van der Waals surface area contributed by atoms with Gasteiger partial charge in [0.1, 0.15) is 23.1 Å². The SMILES string of the molecule is Cc1nc2c(C)cccn2c1C(O)=C1C(=O)C(=O)N(CCC[NH+](C)C)[C@@H]1c1ccco1. The van der Waals surface area contributed by atoms with Crippen molar-refractivity contribution < 1.29 is 24.0 Å². The fourth-order valence-corrected chi connectivity index (χ4v) is 4.19. The predicted molar refractivity (Wildman–Crippen MR) is 115 cm³/mol. The van der Waals surface area contributed by atoms with Crippen LogP contribution >= 0.6 is 0 Å². The fraction of sp³-hybridized carbons (Fsp3) is 0.348. The van der Waals surface area contributed by atoms with Crippen molar-refractivity contribution in [2.24, 2.45) is 0 Å². The zero-order chi connectivity index (χ0) is 22.3. The van der Waals surface area contributed by atoms with Gasteiger partial charge in [-0.15, -0.1) is 0 Å². The first kappa shape index (κ1) is 20.9. The normalized spacial score (nSPS) is 18.6. The number of rotatable bonds is 6. The number of pyridine rings is 1. The minimum absolute atomic E-state index is 0.0311. The summed E-state index contributed by atoms with van der Waals surface area (Å²) in [6, 6.07) is 6.44. The number of nitrogens with zero attached hydrogens (tertiary/aromatic N) is 3. The first-order valence-electron chi connectivity index (χ1n) is 10.4. The number of carbonyl (C=O) groups is 2. The molecular weight excluding hydrogens is 396 g/mol. The molecule has 162 valence electrons. The molecule has 1 saturated heterocycles. The molecule has 0 aromatic carbocycles. The van der Waals surface area contributed by atoms with E-state index >= 15 is 0 Å². The van der Waals surface area contributed by atoms with Gasteiger partial charge in [-0.25, -0.2) is 4.98 Å². The first-order valence-corrected chi connectivity index (χ1v) is 10.4. The van der Waals surface area contributed by atoms with Gasteiger partial charge in [-0.1, -0.05) is 6.07 Å². The Morgan fingerprint density at radius 2 is 2.00 bits per heavy atom. The molecule has 0 bridgehead atoms. The second-order valence-corrected chi connectivity index (χ2v) is 8.25. The lowest BCUT2D eigenvalue weighted by atomic mass is 10.0. The minimum Gasteiger partial charge on any atom is -0.505 e. The molecule has 31 heavy (non-hydrogen) atoms. The second-order valence-electron chi connectivity index (χ2n) is 8.25. The number of hydrogen-bond donors (Lipinski definition) is 2. The number of imidazole rings is 1. The van der Waals surface area contributed by atoms with Crippen LogP contribution in [0.2, 0.25) is 0 Å². The van der Waals surface area contributed by atoms with Crippen molar-refractivity contribution in [1.29, 1.82) is 0 Å². The largest absolute Gasteiger partial charge is 0.505 e. The molecule has 1 atom stereocenters. The summed E-state index contributed by atoms with van der Waals surface area (Å²) in [6.45, 7) is 4.95. The van der Waals surface area contributed by atoms with E-state index in [0.29, 0.717) is 29.3 Å². The summed E-state index contributed by atoms with van der Waals surface area (Å²) in [6.07, 6.45) is 4.01. The minimum atomic E-state index is -0.776. The molecule has 0 saturated carbocycles. The second kappa shape index (κ2) is 8.03. The number of fused-ring (bicyclic) bond motifs is 1. The Labute approximate surface area is 180 Å². The quantitative estimate of drug-likeness (QED) is 0.356. The summed E-state index contributed by atoms with van der Waals surface area (Å²) in [5.74, 6) is -1.13. The molecule has 0 radical (unpaired) electrons. The molecule has 8 heteroatoms. The maximum Gasteiger partial charge on any atom is 0.295 e. The van der Waals surface area contributed by atoms with Crippen molar-refractivity contribution in [2.75, 3.05) is 27.2 Å². The lowest BCUT2D eigenvalue weighted by Crippen LogP contribution is -3.05. The van der Waals surface area contributed by atoms with Crippen LogP contribution in [0.15, 0.2) is 46.7 Å². The average molecular weight is 423 g/mol. The highest BCUT2D eigenvalue weighted by atomic mass is 16.3. The van der Waals surface area contributed by atoms with E-state index in [0.717, 1.165) is 18.5 Å². The summed E-state index contributed by atoms with van der Waals surface area (Å²) in [5, 5.41) is 11.3. The molecule has 3 aromatic heterocycles. The zero-order valence-electron chi connectivity index (χ0n) is 18.2. The van der Waals surface area contributed by atoms with Gasteiger partial charge < -0.3 is 19.3 Å². The number of likely N-dealkylation sites (tertiary alicyclic amines) is 1. The summed E-state index contributed by atoms with van der Waals surface area (Å²) in [7, 11) is 4.07. The summed E-state index contributed by atoms with van der Waals surface area (Å²) >= 11 is 0. The lowest BCUT2D eigenvalue weighted by molar-refractivity contribution is -0.858. The molecule has 0 unspecified atom stereocenters. The van der Waals surface area contributed by atoms with Gasteiger partial charge >= 0.3 is 0 Å². The molecule has 8 nitrogen and oxygen atoms in total. The zero-order valence-corrected chi connectivity index (χ0v) is 18.2. The smallest absolute Gasteiger partial charge is 0.295 e. The van der Waals surface area contributed by atoms with Gasteiger partial charge in [-0.2, -0.15) is 0 Å². The third-order valence-electron chi connectivity index (χ3n) is 5.67. The number of nitrogens with one attached hydrogen (secondary N) is 1. The number of ketones is 1. The highest BCUT2D eigenvalue weighted by Crippen LogP contribution is 2.40. The van der Waals surface area contributed by atoms with Gasteiger partial charge in [0.15, 0.2) is 5.76 Å². The Bertz CT molecular complexity index is 1170. The number of quaternary nitrogens is 1. The van der Waals surface area contributed by atoms with Crippen molar-refractivity contribution in [3.63, 3.8) is 0 Å². The van der Waals surface area contributed by atoms with Crippen LogP contribution in [0, 0.1) is 13.8 Å². The van der Waals surface area contributed by atoms with Gasteiger partial charge in [0.2, 0.25) is 0 Å². The Balaban J connectivity index is 1.86. The number of amides is 1. The molecule has 0 spiro atoms. The maximum absolute atomic E-state index is 13.1. The number of hydrogen-bond acceptors (Lipinski definition) is 5. The van der Waals surface area contributed by atoms with Crippen LogP contribution in [0.25, 0.3) is 11.4 Å². The number of Topliss-reactive ketones (excluding diaryl/α,β-unsaturated/α-hetero) is 1. The lowest BCUT2D eigenvalue weighted by Gasteiger charge is -2.23. The number of aliphatic hydroxyl groups excluding tert-OH is 1. The fourth-order valence-electron chi connectivity index (χ4n) is 4.19. The van der Waals surface area contributed by atoms with Crippen molar-refractivity contribution in [2.45, 2.75) is 26.3 Å². The number of aryl methyl sites for hydroxylation is 2. The predicted octanol–water partition coefficient (Wildman–Crippen LogP) is 1.50. The molecule has 4 heterocycles. The van der Waals surface area contributed by atoms with Crippen LogP contribution < -0.4 is 4.90 Å². The number of aliphatic hydroxyl groups is 1. The van der Waals surface area contributed by atoms with E-state index in [1.807, 2.05) is 33.2 Å². The van der Waals surface area contributed by atoms with Crippen LogP contribution in [0.5, 0.6) is 0 Å². The van der Waals surface area contributed by atoms with E-state index in [4.69, 9.17) is 4.42 Å². The van der Waals surface area contributed by atoms with Gasteiger partial charge in [0.05, 0.1) is 38.2 Å². The average Bonchev–Trinajstić information content (AvgIpc) is 3.41. The molecule has 4 rings (SSSR count). The number of carbonyl (C=O) groups excluding carboxylic acids is 2. The third-order valence-corrected chi connectivity index (χ3v) is 5.67. The highest BCUT2D eigenvalue weighted by Gasteiger charge is 2.47. The summed E-state index contributed by atoms with van der Waals surface area (Å²) in [5.41, 5.74) is 2.65. The van der Waals surface area contributed by atoms with Crippen LogP contribution in [0.4, 0.5) is 0 Å². The summed E-state index contributed by atoms with van der Waals surface area (Å²) in [4.78, 5) is 33.3. The third kappa shape index (κ3) is 3.53. The standard InChI is InChI=1S/C23H26N4O4/c1-14-8-5-11-26-18(15(2)24-22(14)26)20(28)17-19(16-9-6-13-31-16)27(23(30)21(17)29)12-7-10-25(3)4/h5-6,8-9,11,13,19,28H,7,10,12H2,1-4H3/p+1/t19-/m1/s1. The van der Waals surface area contributed by atoms with Gasteiger partial charge in [0, 0.05) is 19.2 Å². The van der Waals surface area contributed by atoms with E-state index < -0.39 is 17.7 Å². The van der Waals surface area contributed by atoms with Crippen molar-refractivity contribution in [3.05, 3.63) is 65.0 Å². The molecule has 1 aliphatic heterocycles. The molecular formula is C23H27N4O4+. The van der Waals surface area contributed by atoms with E-state index in [1.54, 1.807) is 29.7 Å². The molecule has 3 aromatic rings. The van der Waals surface area contributed by atoms with E-state index in [2.05, 4.69) is 4.98 Å². The van der Waals surface area contributed by atoms with Gasteiger partial charge in [-0.3, -0.25) is 14.0 Å². The van der Waals surface area contributed by atoms with Crippen LogP contribution in [0.1, 0.15) is 35.2 Å². The van der Waals surface area contributed by atoms with E-state index in [9.17, 15) is 14.7 Å². The molecule has 2 N–H and O–H groups in total. The Morgan fingerprint density at radius 3 is 2.68 bits per heavy atom. The Kier molecular flexibility index (Phi) is 5.41. The van der Waals surface area contributed by atoms with Crippen molar-refractivity contribution >= 4 is 23.1 Å². The highest BCUT2D eigenvalue weighted by molar-refractivity contribution is 6.46. The van der Waals surface area contributed by atoms with Crippen LogP contribution in [-0.2, 0) is 9.59 Å². The van der Waals surface area contributed by atoms with Gasteiger partial charge in [0.25, 0.3) is 11.7 Å². The molecule has 1 aliphatic rings. The topological polar surface area (TPSA) is 92.5 Å². The van der Waals surface area contributed by atoms with Crippen LogP contribution in [-0.4, -0.2) is 58.3 Å². The van der Waals surface area contributed by atoms with Crippen LogP contribution in [0.3, 0.4) is 0 Å². The maximum atomic E-state index is 13.1. The van der Waals surface area contributed by atoms with Crippen molar-refractivity contribution in [1.82, 2.24) is 14.3 Å².